The van der Waals surface area contributed by atoms with E-state index in [4.69, 9.17) is 10.1 Å². The number of hydrogen-bond acceptors (Lipinski definition) is 4. The van der Waals surface area contributed by atoms with Crippen LogP contribution in [0.15, 0.2) is 48.5 Å². The van der Waals surface area contributed by atoms with Crippen LogP contribution in [0.25, 0.3) is 11.0 Å². The first-order valence-corrected chi connectivity index (χ1v) is 7.44. The van der Waals surface area contributed by atoms with Gasteiger partial charge in [0.25, 0.3) is 0 Å². The lowest BCUT2D eigenvalue weighted by atomic mass is 10.0. The fourth-order valence-corrected chi connectivity index (χ4v) is 2.79. The number of carbonyl (C=O) groups excluding carboxylic acids is 2. The van der Waals surface area contributed by atoms with Gasteiger partial charge in [-0.2, -0.15) is 0 Å². The molecular weight excluding hydrogens is 386 g/mol. The van der Waals surface area contributed by atoms with Crippen LogP contribution in [0.3, 0.4) is 0 Å². The number of imidazole rings is 1. The SMILES string of the molecule is Br.COC(=O)c1ccccc1C(=O)Cn1c(=N)n(C)c2ccccc21. The maximum absolute atomic E-state index is 12.7. The average Bonchev–Trinajstić information content (AvgIpc) is 2.86. The van der Waals surface area contributed by atoms with Crippen molar-refractivity contribution in [3.8, 4) is 0 Å². The molecule has 1 N–H and O–H groups in total. The number of aryl methyl sites for hydroxylation is 1. The van der Waals surface area contributed by atoms with Crippen molar-refractivity contribution in [2.75, 3.05) is 7.11 Å². The van der Waals surface area contributed by atoms with Crippen LogP contribution in [0.5, 0.6) is 0 Å². The van der Waals surface area contributed by atoms with Crippen molar-refractivity contribution in [1.29, 1.82) is 5.41 Å². The third kappa shape index (κ3) is 3.28. The smallest absolute Gasteiger partial charge is 0.338 e. The molecule has 130 valence electrons. The number of benzene rings is 2. The highest BCUT2D eigenvalue weighted by Gasteiger charge is 2.19. The molecule has 6 nitrogen and oxygen atoms in total. The van der Waals surface area contributed by atoms with E-state index in [0.29, 0.717) is 5.56 Å². The van der Waals surface area contributed by atoms with Crippen LogP contribution in [-0.2, 0) is 18.3 Å². The van der Waals surface area contributed by atoms with Crippen molar-refractivity contribution in [1.82, 2.24) is 9.13 Å². The highest BCUT2D eigenvalue weighted by atomic mass is 79.9. The molecule has 0 bridgehead atoms. The lowest BCUT2D eigenvalue weighted by molar-refractivity contribution is 0.0596. The van der Waals surface area contributed by atoms with Crippen molar-refractivity contribution < 1.29 is 14.3 Å². The Morgan fingerprint density at radius 1 is 1.00 bits per heavy atom. The van der Waals surface area contributed by atoms with E-state index in [0.717, 1.165) is 11.0 Å². The summed E-state index contributed by atoms with van der Waals surface area (Å²) in [5.41, 5.74) is 2.42. The molecule has 0 aliphatic heterocycles. The summed E-state index contributed by atoms with van der Waals surface area (Å²) in [7, 11) is 3.07. The van der Waals surface area contributed by atoms with E-state index < -0.39 is 5.97 Å². The minimum atomic E-state index is -0.548. The Hall–Kier alpha value is -2.67. The van der Waals surface area contributed by atoms with Gasteiger partial charge in [-0.1, -0.05) is 30.3 Å². The van der Waals surface area contributed by atoms with Crippen LogP contribution in [0.2, 0.25) is 0 Å². The zero-order valence-electron chi connectivity index (χ0n) is 13.9. The molecule has 0 atom stereocenters. The van der Waals surface area contributed by atoms with Crippen LogP contribution < -0.4 is 5.62 Å². The molecule has 3 rings (SSSR count). The van der Waals surface area contributed by atoms with Gasteiger partial charge in [0.05, 0.1) is 30.3 Å². The fourth-order valence-electron chi connectivity index (χ4n) is 2.79. The van der Waals surface area contributed by atoms with Crippen LogP contribution in [-0.4, -0.2) is 28.0 Å². The van der Waals surface area contributed by atoms with Gasteiger partial charge in [0.2, 0.25) is 5.62 Å². The van der Waals surface area contributed by atoms with Gasteiger partial charge in [0.15, 0.2) is 5.78 Å². The number of methoxy groups -OCH3 is 1. The van der Waals surface area contributed by atoms with Gasteiger partial charge in [-0.15, -0.1) is 17.0 Å². The van der Waals surface area contributed by atoms with Crippen LogP contribution in [0.1, 0.15) is 20.7 Å². The highest BCUT2D eigenvalue weighted by molar-refractivity contribution is 8.93. The van der Waals surface area contributed by atoms with Gasteiger partial charge in [-0.25, -0.2) is 4.79 Å². The molecular formula is C18H18BrN3O3. The largest absolute Gasteiger partial charge is 0.465 e. The summed E-state index contributed by atoms with van der Waals surface area (Å²) in [6, 6.07) is 14.1. The number of esters is 1. The minimum Gasteiger partial charge on any atom is -0.465 e. The number of nitrogens with zero attached hydrogens (tertiary/aromatic N) is 2. The zero-order chi connectivity index (χ0) is 17.3. The number of para-hydroxylation sites is 2. The maximum Gasteiger partial charge on any atom is 0.338 e. The number of aromatic nitrogens is 2. The predicted molar refractivity (Wildman–Crippen MR) is 99.2 cm³/mol. The van der Waals surface area contributed by atoms with Crippen molar-refractivity contribution >= 4 is 39.8 Å². The van der Waals surface area contributed by atoms with Gasteiger partial charge in [-0.3, -0.25) is 10.2 Å². The average molecular weight is 404 g/mol. The predicted octanol–water partition coefficient (Wildman–Crippen LogP) is 2.71. The molecule has 1 aromatic heterocycles. The Kier molecular flexibility index (Phi) is 5.58. The molecule has 0 saturated carbocycles. The number of fused-ring (bicyclic) bond motifs is 1. The number of carbonyl (C=O) groups is 2. The van der Waals surface area contributed by atoms with Crippen molar-refractivity contribution in [2.24, 2.45) is 7.05 Å². The number of halogens is 1. The van der Waals surface area contributed by atoms with Crippen molar-refractivity contribution in [3.05, 3.63) is 65.3 Å². The first-order chi connectivity index (χ1) is 11.5. The number of hydrogen-bond donors (Lipinski definition) is 1. The second kappa shape index (κ2) is 7.48. The molecule has 0 aliphatic rings. The van der Waals surface area contributed by atoms with E-state index in [-0.39, 0.29) is 40.5 Å². The minimum absolute atomic E-state index is 0. The number of nitrogens with one attached hydrogen (secondary N) is 1. The summed E-state index contributed by atoms with van der Waals surface area (Å²) in [4.78, 5) is 24.6. The summed E-state index contributed by atoms with van der Waals surface area (Å²) in [6.07, 6.45) is 0. The number of ketones is 1. The topological polar surface area (TPSA) is 77.1 Å². The van der Waals surface area contributed by atoms with Crippen molar-refractivity contribution in [2.45, 2.75) is 6.54 Å². The second-order valence-electron chi connectivity index (χ2n) is 5.42. The molecule has 0 amide bonds. The van der Waals surface area contributed by atoms with E-state index in [9.17, 15) is 9.59 Å². The number of Topliss-reactive ketones (excluding diaryl/α,β-unsaturated/α-hetero) is 1. The van der Waals surface area contributed by atoms with Gasteiger partial charge in [-0.05, 0) is 18.2 Å². The number of rotatable bonds is 4. The Morgan fingerprint density at radius 3 is 2.20 bits per heavy atom. The summed E-state index contributed by atoms with van der Waals surface area (Å²) < 4.78 is 8.08. The lowest BCUT2D eigenvalue weighted by Crippen LogP contribution is -2.26. The highest BCUT2D eigenvalue weighted by Crippen LogP contribution is 2.15. The van der Waals surface area contributed by atoms with Gasteiger partial charge < -0.3 is 13.9 Å². The summed E-state index contributed by atoms with van der Waals surface area (Å²) in [5, 5.41) is 8.24. The Balaban J connectivity index is 0.00000225. The summed E-state index contributed by atoms with van der Waals surface area (Å²) >= 11 is 0. The maximum atomic E-state index is 12.7. The molecule has 0 fully saturated rings. The second-order valence-corrected chi connectivity index (χ2v) is 5.42. The third-order valence-electron chi connectivity index (χ3n) is 4.04. The first kappa shape index (κ1) is 18.7. The molecule has 0 spiro atoms. The summed E-state index contributed by atoms with van der Waals surface area (Å²) in [6.45, 7) is -0.0196. The Bertz CT molecular complexity index is 1000. The molecule has 0 saturated heterocycles. The monoisotopic (exact) mass is 403 g/mol. The molecule has 0 unspecified atom stereocenters. The Labute approximate surface area is 154 Å². The molecule has 7 heteroatoms. The Morgan fingerprint density at radius 2 is 1.56 bits per heavy atom. The van der Waals surface area contributed by atoms with Crippen molar-refractivity contribution in [3.63, 3.8) is 0 Å². The molecule has 0 radical (unpaired) electrons. The quantitative estimate of drug-likeness (QED) is 0.537. The van der Waals surface area contributed by atoms with E-state index in [1.165, 1.54) is 7.11 Å². The van der Waals surface area contributed by atoms with Crippen LogP contribution in [0, 0.1) is 5.41 Å². The van der Waals surface area contributed by atoms with E-state index in [2.05, 4.69) is 0 Å². The van der Waals surface area contributed by atoms with Gasteiger partial charge in [0.1, 0.15) is 0 Å². The zero-order valence-corrected chi connectivity index (χ0v) is 15.6. The van der Waals surface area contributed by atoms with Crippen LogP contribution in [0.4, 0.5) is 0 Å². The van der Waals surface area contributed by atoms with Gasteiger partial charge >= 0.3 is 5.97 Å². The normalized spacial score (nSPS) is 10.3. The van der Waals surface area contributed by atoms with E-state index >= 15 is 0 Å². The van der Waals surface area contributed by atoms with Gasteiger partial charge in [0, 0.05) is 12.6 Å². The third-order valence-corrected chi connectivity index (χ3v) is 4.04. The molecule has 1 heterocycles. The standard InChI is InChI=1S/C18H17N3O3.BrH/c1-20-14-9-5-6-10-15(14)21(18(20)19)11-16(22)12-7-3-4-8-13(12)17(23)24-2;/h3-10,19H,11H2,1-2H3;1H. The first-order valence-electron chi connectivity index (χ1n) is 7.44. The molecule has 25 heavy (non-hydrogen) atoms. The fraction of sp³-hybridized carbons (Fsp3) is 0.167. The number of ether oxygens (including phenoxy) is 1. The molecule has 2 aromatic carbocycles. The molecule has 0 aliphatic carbocycles. The lowest BCUT2D eigenvalue weighted by Gasteiger charge is -2.08. The van der Waals surface area contributed by atoms with E-state index in [1.807, 2.05) is 24.3 Å². The molecule has 3 aromatic rings. The van der Waals surface area contributed by atoms with E-state index in [1.54, 1.807) is 40.4 Å². The van der Waals surface area contributed by atoms with Crippen LogP contribution >= 0.6 is 17.0 Å². The summed E-state index contributed by atoms with van der Waals surface area (Å²) in [5.74, 6) is -0.793.